The van der Waals surface area contributed by atoms with E-state index in [1.54, 1.807) is 14.0 Å². The second-order valence-electron chi connectivity index (χ2n) is 4.46. The summed E-state index contributed by atoms with van der Waals surface area (Å²) in [7, 11) is -1.56. The van der Waals surface area contributed by atoms with Gasteiger partial charge in [0.15, 0.2) is 0 Å². The van der Waals surface area contributed by atoms with Crippen LogP contribution in [0.4, 0.5) is 0 Å². The predicted molar refractivity (Wildman–Crippen MR) is 65.7 cm³/mol. The smallest absolute Gasteiger partial charge is 0.217 e. The molecule has 6 heteroatoms. The Morgan fingerprint density at radius 1 is 1.38 bits per heavy atom. The Morgan fingerprint density at radius 3 is 2.44 bits per heavy atom. The van der Waals surface area contributed by atoms with Gasteiger partial charge in [-0.3, -0.25) is 0 Å². The zero-order valence-electron chi connectivity index (χ0n) is 10.2. The van der Waals surface area contributed by atoms with Crippen LogP contribution >= 0.6 is 0 Å². The van der Waals surface area contributed by atoms with Crippen molar-refractivity contribution in [1.29, 1.82) is 0 Å². The fraction of sp³-hybridized carbons (Fsp3) is 1.00. The number of nitrogens with zero attached hydrogens (tertiary/aromatic N) is 2. The zero-order valence-corrected chi connectivity index (χ0v) is 11.0. The van der Waals surface area contributed by atoms with Gasteiger partial charge in [0.1, 0.15) is 0 Å². The molecule has 5 nitrogen and oxygen atoms in total. The van der Waals surface area contributed by atoms with Crippen molar-refractivity contribution in [3.63, 3.8) is 0 Å². The summed E-state index contributed by atoms with van der Waals surface area (Å²) < 4.78 is 25.2. The van der Waals surface area contributed by atoms with Crippen molar-refractivity contribution in [3.8, 4) is 0 Å². The van der Waals surface area contributed by atoms with Crippen molar-refractivity contribution in [2.75, 3.05) is 39.8 Å². The van der Waals surface area contributed by atoms with Crippen LogP contribution < -0.4 is 5.73 Å². The van der Waals surface area contributed by atoms with Gasteiger partial charge in [-0.25, -0.2) is 12.7 Å². The van der Waals surface area contributed by atoms with Crippen molar-refractivity contribution in [2.24, 2.45) is 5.73 Å². The summed E-state index contributed by atoms with van der Waals surface area (Å²) in [6.07, 6.45) is 2.46. The molecule has 0 bridgehead atoms. The van der Waals surface area contributed by atoms with Crippen molar-refractivity contribution >= 4 is 10.0 Å². The number of nitrogens with two attached hydrogens (primary N) is 1. The topological polar surface area (TPSA) is 66.6 Å². The molecule has 0 aliphatic carbocycles. The summed E-state index contributed by atoms with van der Waals surface area (Å²) in [5.41, 5.74) is 5.40. The lowest BCUT2D eigenvalue weighted by Gasteiger charge is -2.23. The Hall–Kier alpha value is -0.170. The summed E-state index contributed by atoms with van der Waals surface area (Å²) in [4.78, 5) is 2.30. The van der Waals surface area contributed by atoms with E-state index in [9.17, 15) is 8.42 Å². The highest BCUT2D eigenvalue weighted by atomic mass is 32.2. The van der Waals surface area contributed by atoms with E-state index in [-0.39, 0.29) is 6.54 Å². The lowest BCUT2D eigenvalue weighted by atomic mass is 10.4. The maximum atomic E-state index is 11.9. The summed E-state index contributed by atoms with van der Waals surface area (Å²) in [6.45, 7) is 5.42. The van der Waals surface area contributed by atoms with Gasteiger partial charge in [-0.1, -0.05) is 0 Å². The van der Waals surface area contributed by atoms with Crippen LogP contribution in [-0.4, -0.2) is 62.6 Å². The first kappa shape index (κ1) is 13.9. The fourth-order valence-corrected chi connectivity index (χ4v) is 3.04. The monoisotopic (exact) mass is 249 g/mol. The average molecular weight is 249 g/mol. The molecule has 0 aromatic heterocycles. The highest BCUT2D eigenvalue weighted by Gasteiger charge is 2.25. The lowest BCUT2D eigenvalue weighted by Crippen LogP contribution is -2.41. The molecule has 1 aliphatic heterocycles. The molecule has 0 aromatic rings. The van der Waals surface area contributed by atoms with Crippen LogP contribution in [0.15, 0.2) is 0 Å². The molecule has 1 saturated heterocycles. The van der Waals surface area contributed by atoms with Gasteiger partial charge in [0.05, 0.1) is 5.25 Å². The van der Waals surface area contributed by atoms with E-state index >= 15 is 0 Å². The van der Waals surface area contributed by atoms with Crippen molar-refractivity contribution in [2.45, 2.75) is 25.0 Å². The van der Waals surface area contributed by atoms with Gasteiger partial charge in [-0.05, 0) is 32.9 Å². The lowest BCUT2D eigenvalue weighted by molar-refractivity contribution is 0.309. The summed E-state index contributed by atoms with van der Waals surface area (Å²) in [6, 6.07) is 0. The summed E-state index contributed by atoms with van der Waals surface area (Å²) >= 11 is 0. The highest BCUT2D eigenvalue weighted by molar-refractivity contribution is 7.89. The molecular weight excluding hydrogens is 226 g/mol. The third-order valence-corrected chi connectivity index (χ3v) is 5.47. The van der Waals surface area contributed by atoms with E-state index in [1.807, 2.05) is 0 Å². The molecule has 16 heavy (non-hydrogen) atoms. The molecule has 1 rings (SSSR count). The van der Waals surface area contributed by atoms with Crippen LogP contribution in [0.5, 0.6) is 0 Å². The molecule has 1 fully saturated rings. The quantitative estimate of drug-likeness (QED) is 0.701. The highest BCUT2D eigenvalue weighted by Crippen LogP contribution is 2.09. The summed E-state index contributed by atoms with van der Waals surface area (Å²) in [5.74, 6) is 0. The van der Waals surface area contributed by atoms with Gasteiger partial charge in [0.2, 0.25) is 10.0 Å². The number of hydrogen-bond acceptors (Lipinski definition) is 4. The van der Waals surface area contributed by atoms with Gasteiger partial charge in [0.25, 0.3) is 0 Å². The van der Waals surface area contributed by atoms with Gasteiger partial charge in [0, 0.05) is 26.7 Å². The third kappa shape index (κ3) is 3.41. The largest absolute Gasteiger partial charge is 0.329 e. The van der Waals surface area contributed by atoms with Crippen LogP contribution in [0, 0.1) is 0 Å². The average Bonchev–Trinajstić information content (AvgIpc) is 2.77. The minimum Gasteiger partial charge on any atom is -0.329 e. The van der Waals surface area contributed by atoms with E-state index < -0.39 is 15.3 Å². The standard InChI is InChI=1S/C10H23N3O2S/c1-10(9-11)16(14,15)12(2)7-8-13-5-3-4-6-13/h10H,3-9,11H2,1-2H3. The first-order valence-corrected chi connectivity index (χ1v) is 7.36. The third-order valence-electron chi connectivity index (χ3n) is 3.20. The van der Waals surface area contributed by atoms with E-state index in [4.69, 9.17) is 5.73 Å². The number of likely N-dealkylation sites (tertiary alicyclic amines) is 1. The molecule has 1 aliphatic rings. The van der Waals surface area contributed by atoms with E-state index in [0.29, 0.717) is 6.54 Å². The van der Waals surface area contributed by atoms with Crippen molar-refractivity contribution < 1.29 is 8.42 Å². The molecule has 0 spiro atoms. The van der Waals surface area contributed by atoms with Crippen LogP contribution in [0.2, 0.25) is 0 Å². The molecule has 0 aromatic carbocycles. The van der Waals surface area contributed by atoms with E-state index in [1.165, 1.54) is 17.1 Å². The Balaban J connectivity index is 2.41. The van der Waals surface area contributed by atoms with Crippen molar-refractivity contribution in [1.82, 2.24) is 9.21 Å². The van der Waals surface area contributed by atoms with E-state index in [2.05, 4.69) is 4.90 Å². The Labute approximate surface area is 98.6 Å². The fourth-order valence-electron chi connectivity index (χ4n) is 1.84. The van der Waals surface area contributed by atoms with Crippen LogP contribution in [0.1, 0.15) is 19.8 Å². The SMILES string of the molecule is CC(CN)S(=O)(=O)N(C)CCN1CCCC1. The van der Waals surface area contributed by atoms with Gasteiger partial charge >= 0.3 is 0 Å². The Kier molecular flexibility index (Phi) is 5.17. The summed E-state index contributed by atoms with van der Waals surface area (Å²) in [5, 5.41) is -0.490. The second kappa shape index (κ2) is 5.95. The molecule has 1 heterocycles. The molecule has 0 saturated carbocycles. The Morgan fingerprint density at radius 2 is 1.94 bits per heavy atom. The number of likely N-dealkylation sites (N-methyl/N-ethyl adjacent to an activating group) is 1. The molecule has 1 atom stereocenters. The zero-order chi connectivity index (χ0) is 12.2. The van der Waals surface area contributed by atoms with Crippen LogP contribution in [0.25, 0.3) is 0 Å². The number of hydrogen-bond donors (Lipinski definition) is 1. The van der Waals surface area contributed by atoms with Crippen LogP contribution in [0.3, 0.4) is 0 Å². The molecule has 1 unspecified atom stereocenters. The van der Waals surface area contributed by atoms with Crippen molar-refractivity contribution in [3.05, 3.63) is 0 Å². The first-order chi connectivity index (χ1) is 7.48. The van der Waals surface area contributed by atoms with E-state index in [0.717, 1.165) is 19.6 Å². The molecular formula is C10H23N3O2S. The normalized spacial score (nSPS) is 20.5. The minimum atomic E-state index is -3.20. The number of sulfonamides is 1. The Bertz CT molecular complexity index is 299. The molecule has 0 amide bonds. The second-order valence-corrected chi connectivity index (χ2v) is 6.92. The van der Waals surface area contributed by atoms with Gasteiger partial charge in [-0.2, -0.15) is 0 Å². The first-order valence-electron chi connectivity index (χ1n) is 5.86. The van der Waals surface area contributed by atoms with Gasteiger partial charge < -0.3 is 10.6 Å². The molecule has 2 N–H and O–H groups in total. The van der Waals surface area contributed by atoms with Gasteiger partial charge in [-0.15, -0.1) is 0 Å². The minimum absolute atomic E-state index is 0.177. The molecule has 0 radical (unpaired) electrons. The maximum absolute atomic E-state index is 11.9. The predicted octanol–water partition coefficient (Wildman–Crippen LogP) is -0.309. The van der Waals surface area contributed by atoms with Crippen LogP contribution in [-0.2, 0) is 10.0 Å². The maximum Gasteiger partial charge on any atom is 0.217 e. The molecule has 96 valence electrons. The number of rotatable bonds is 6.